The van der Waals surface area contributed by atoms with Crippen LogP contribution in [0.25, 0.3) is 11.2 Å². The smallest absolute Gasteiger partial charge is 0.332 e. The van der Waals surface area contributed by atoms with Crippen molar-refractivity contribution >= 4 is 17.1 Å². The molecule has 0 bridgehead atoms. The molecule has 0 radical (unpaired) electrons. The molecule has 3 aromatic rings. The molecule has 0 fully saturated rings. The minimum absolute atomic E-state index is 0.161. The fourth-order valence-electron chi connectivity index (χ4n) is 3.07. The Balaban J connectivity index is 1.89. The van der Waals surface area contributed by atoms with Crippen LogP contribution < -0.4 is 16.6 Å². The number of imidazole rings is 1. The van der Waals surface area contributed by atoms with E-state index in [0.717, 1.165) is 5.56 Å². The van der Waals surface area contributed by atoms with E-state index in [1.807, 2.05) is 6.92 Å². The van der Waals surface area contributed by atoms with Gasteiger partial charge < -0.3 is 20.1 Å². The van der Waals surface area contributed by atoms with Crippen molar-refractivity contribution in [2.45, 2.75) is 26.3 Å². The molecule has 3 N–H and O–H groups in total. The lowest BCUT2D eigenvalue weighted by molar-refractivity contribution is 0.403. The second kappa shape index (κ2) is 7.18. The normalized spacial score (nSPS) is 11.2. The van der Waals surface area contributed by atoms with Gasteiger partial charge in [0, 0.05) is 27.2 Å². The van der Waals surface area contributed by atoms with Crippen molar-refractivity contribution in [2.75, 3.05) is 11.9 Å². The lowest BCUT2D eigenvalue weighted by Crippen LogP contribution is -2.39. The van der Waals surface area contributed by atoms with Gasteiger partial charge in [0.15, 0.2) is 22.7 Å². The van der Waals surface area contributed by atoms with E-state index in [0.29, 0.717) is 43.0 Å². The predicted molar refractivity (Wildman–Crippen MR) is 102 cm³/mol. The van der Waals surface area contributed by atoms with Gasteiger partial charge in [-0.2, -0.15) is 4.98 Å². The van der Waals surface area contributed by atoms with E-state index in [-0.39, 0.29) is 22.7 Å². The zero-order valence-electron chi connectivity index (χ0n) is 15.6. The number of rotatable bonds is 6. The third kappa shape index (κ3) is 3.27. The molecule has 2 aromatic heterocycles. The minimum atomic E-state index is -0.376. The number of nitrogens with zero attached hydrogens (tertiary/aromatic N) is 4. The van der Waals surface area contributed by atoms with Crippen LogP contribution in [0.1, 0.15) is 18.9 Å². The van der Waals surface area contributed by atoms with E-state index < -0.39 is 0 Å². The summed E-state index contributed by atoms with van der Waals surface area (Å²) in [5.74, 6) is 0.155. The second-order valence-corrected chi connectivity index (χ2v) is 6.46. The monoisotopic (exact) mass is 373 g/mol. The Kier molecular flexibility index (Phi) is 4.93. The Bertz CT molecular complexity index is 1110. The highest BCUT2D eigenvalue weighted by atomic mass is 16.3. The molecule has 0 unspecified atom stereocenters. The number of phenols is 2. The van der Waals surface area contributed by atoms with Crippen molar-refractivity contribution in [2.24, 2.45) is 14.1 Å². The number of aromatic hydroxyl groups is 2. The van der Waals surface area contributed by atoms with Crippen LogP contribution in [-0.2, 0) is 27.1 Å². The first-order valence-corrected chi connectivity index (χ1v) is 8.76. The summed E-state index contributed by atoms with van der Waals surface area (Å²) in [6.07, 6.45) is 1.26. The molecule has 0 amide bonds. The standard InChI is InChI=1S/C18H23N5O4/c1-4-9-23-16(26)14-15(22(3)18(23)27)20-17(21(14)2)19-8-7-11-5-6-12(24)13(25)10-11/h5-6,10,24-25H,4,7-9H2,1-3H3,(H,19,20). The van der Waals surface area contributed by atoms with Gasteiger partial charge in [-0.3, -0.25) is 13.9 Å². The Hall–Kier alpha value is -3.23. The molecule has 27 heavy (non-hydrogen) atoms. The van der Waals surface area contributed by atoms with Crippen LogP contribution in [0.2, 0.25) is 0 Å². The fourth-order valence-corrected chi connectivity index (χ4v) is 3.07. The van der Waals surface area contributed by atoms with E-state index in [2.05, 4.69) is 10.3 Å². The summed E-state index contributed by atoms with van der Waals surface area (Å²) < 4.78 is 4.26. The molecule has 1 aromatic carbocycles. The van der Waals surface area contributed by atoms with Crippen LogP contribution >= 0.6 is 0 Å². The second-order valence-electron chi connectivity index (χ2n) is 6.46. The lowest BCUT2D eigenvalue weighted by Gasteiger charge is -2.08. The average molecular weight is 373 g/mol. The number of nitrogens with one attached hydrogen (secondary N) is 1. The maximum atomic E-state index is 12.7. The number of hydrogen-bond donors (Lipinski definition) is 3. The average Bonchev–Trinajstić information content (AvgIpc) is 2.97. The van der Waals surface area contributed by atoms with E-state index in [4.69, 9.17) is 0 Å². The highest BCUT2D eigenvalue weighted by Gasteiger charge is 2.17. The Labute approximate surface area is 155 Å². The van der Waals surface area contributed by atoms with Crippen LogP contribution in [0.5, 0.6) is 11.5 Å². The summed E-state index contributed by atoms with van der Waals surface area (Å²) in [6.45, 7) is 2.77. The number of phenolic OH excluding ortho intramolecular Hbond substituents is 2. The fraction of sp³-hybridized carbons (Fsp3) is 0.389. The van der Waals surface area contributed by atoms with Gasteiger partial charge in [0.25, 0.3) is 5.56 Å². The largest absolute Gasteiger partial charge is 0.504 e. The molecule has 9 nitrogen and oxygen atoms in total. The van der Waals surface area contributed by atoms with E-state index in [9.17, 15) is 19.8 Å². The molecule has 0 aliphatic rings. The zero-order chi connectivity index (χ0) is 19.7. The first-order valence-electron chi connectivity index (χ1n) is 8.76. The van der Waals surface area contributed by atoms with Crippen LogP contribution in [0.15, 0.2) is 27.8 Å². The van der Waals surface area contributed by atoms with Gasteiger partial charge >= 0.3 is 5.69 Å². The Morgan fingerprint density at radius 3 is 2.52 bits per heavy atom. The topological polar surface area (TPSA) is 114 Å². The molecule has 0 aliphatic heterocycles. The third-order valence-electron chi connectivity index (χ3n) is 4.54. The molecule has 0 atom stereocenters. The first kappa shape index (κ1) is 18.6. The highest BCUT2D eigenvalue weighted by Crippen LogP contribution is 2.25. The maximum Gasteiger partial charge on any atom is 0.332 e. The van der Waals surface area contributed by atoms with Crippen molar-refractivity contribution < 1.29 is 10.2 Å². The molecule has 3 rings (SSSR count). The Morgan fingerprint density at radius 2 is 1.85 bits per heavy atom. The van der Waals surface area contributed by atoms with Crippen molar-refractivity contribution in [3.8, 4) is 11.5 Å². The summed E-state index contributed by atoms with van der Waals surface area (Å²) >= 11 is 0. The van der Waals surface area contributed by atoms with Crippen LogP contribution in [0.4, 0.5) is 5.95 Å². The molecule has 0 saturated carbocycles. The zero-order valence-corrected chi connectivity index (χ0v) is 15.6. The van der Waals surface area contributed by atoms with Gasteiger partial charge in [-0.25, -0.2) is 4.79 Å². The van der Waals surface area contributed by atoms with E-state index in [1.165, 1.54) is 21.3 Å². The molecule has 0 spiro atoms. The summed E-state index contributed by atoms with van der Waals surface area (Å²) in [6, 6.07) is 4.66. The van der Waals surface area contributed by atoms with Crippen LogP contribution in [0, 0.1) is 0 Å². The lowest BCUT2D eigenvalue weighted by atomic mass is 10.1. The van der Waals surface area contributed by atoms with Crippen LogP contribution in [0.3, 0.4) is 0 Å². The van der Waals surface area contributed by atoms with Gasteiger partial charge in [0.2, 0.25) is 5.95 Å². The molecular formula is C18H23N5O4. The minimum Gasteiger partial charge on any atom is -0.504 e. The Morgan fingerprint density at radius 1 is 1.11 bits per heavy atom. The summed E-state index contributed by atoms with van der Waals surface area (Å²) in [5.41, 5.74) is 0.828. The van der Waals surface area contributed by atoms with Gasteiger partial charge in [0.05, 0.1) is 0 Å². The molecule has 0 saturated heterocycles. The summed E-state index contributed by atoms with van der Waals surface area (Å²) in [4.78, 5) is 29.5. The highest BCUT2D eigenvalue weighted by molar-refractivity contribution is 5.74. The molecule has 0 aliphatic carbocycles. The van der Waals surface area contributed by atoms with Crippen molar-refractivity contribution in [1.82, 2.24) is 18.7 Å². The van der Waals surface area contributed by atoms with Crippen molar-refractivity contribution in [3.05, 3.63) is 44.6 Å². The van der Waals surface area contributed by atoms with Gasteiger partial charge in [0.1, 0.15) is 0 Å². The summed E-state index contributed by atoms with van der Waals surface area (Å²) in [5, 5.41) is 22.1. The number of aryl methyl sites for hydroxylation is 2. The third-order valence-corrected chi connectivity index (χ3v) is 4.54. The van der Waals surface area contributed by atoms with E-state index in [1.54, 1.807) is 24.7 Å². The number of aromatic nitrogens is 4. The van der Waals surface area contributed by atoms with Crippen molar-refractivity contribution in [1.29, 1.82) is 0 Å². The molecule has 9 heteroatoms. The molecule has 2 heterocycles. The van der Waals surface area contributed by atoms with Gasteiger partial charge in [-0.05, 0) is 30.5 Å². The van der Waals surface area contributed by atoms with E-state index >= 15 is 0 Å². The molecular weight excluding hydrogens is 350 g/mol. The quantitative estimate of drug-likeness (QED) is 0.554. The van der Waals surface area contributed by atoms with Crippen molar-refractivity contribution in [3.63, 3.8) is 0 Å². The SMILES string of the molecule is CCCn1c(=O)c2c(nc(NCCc3ccc(O)c(O)c3)n2C)n(C)c1=O. The molecule has 144 valence electrons. The number of anilines is 1. The maximum absolute atomic E-state index is 12.7. The number of benzene rings is 1. The predicted octanol–water partition coefficient (Wildman–Crippen LogP) is 0.909. The number of hydrogen-bond acceptors (Lipinski definition) is 6. The van der Waals surface area contributed by atoms with Gasteiger partial charge in [-0.15, -0.1) is 0 Å². The van der Waals surface area contributed by atoms with Gasteiger partial charge in [-0.1, -0.05) is 13.0 Å². The number of fused-ring (bicyclic) bond motifs is 1. The summed E-state index contributed by atoms with van der Waals surface area (Å²) in [7, 11) is 3.33. The first-order chi connectivity index (χ1) is 12.8. The van der Waals surface area contributed by atoms with Crippen LogP contribution in [-0.4, -0.2) is 35.4 Å².